The van der Waals surface area contributed by atoms with Crippen LogP contribution in [0.15, 0.2) is 28.7 Å². The molecule has 0 spiro atoms. The zero-order valence-electron chi connectivity index (χ0n) is 12.8. The number of furan rings is 1. The Bertz CT molecular complexity index is 873. The summed E-state index contributed by atoms with van der Waals surface area (Å²) in [6, 6.07) is 7.81. The van der Waals surface area contributed by atoms with Gasteiger partial charge in [0.25, 0.3) is 0 Å². The molecule has 0 bridgehead atoms. The van der Waals surface area contributed by atoms with E-state index in [0.29, 0.717) is 31.2 Å². The lowest BCUT2D eigenvalue weighted by Gasteiger charge is -2.12. The highest BCUT2D eigenvalue weighted by Gasteiger charge is 2.26. The normalized spacial score (nSPS) is 13.1. The molecule has 3 aromatic rings. The third-order valence-corrected chi connectivity index (χ3v) is 3.89. The number of fused-ring (bicyclic) bond motifs is 5. The number of nitrogens with zero attached hydrogens (tertiary/aromatic N) is 2. The molecule has 0 unspecified atom stereocenters. The zero-order chi connectivity index (χ0) is 15.8. The summed E-state index contributed by atoms with van der Waals surface area (Å²) in [6.45, 7) is 2.86. The Hall–Kier alpha value is -2.60. The van der Waals surface area contributed by atoms with E-state index >= 15 is 0 Å². The van der Waals surface area contributed by atoms with Gasteiger partial charge in [-0.1, -0.05) is 12.1 Å². The molecule has 3 heterocycles. The molecule has 0 fully saturated rings. The van der Waals surface area contributed by atoms with Gasteiger partial charge in [-0.15, -0.1) is 0 Å². The van der Waals surface area contributed by atoms with E-state index in [-0.39, 0.29) is 6.61 Å². The molecular formula is C17H17N3O3. The van der Waals surface area contributed by atoms with E-state index in [9.17, 15) is 0 Å². The maximum absolute atomic E-state index is 9.06. The van der Waals surface area contributed by atoms with Gasteiger partial charge in [0.15, 0.2) is 11.5 Å². The van der Waals surface area contributed by atoms with Crippen LogP contribution in [-0.2, 0) is 6.42 Å². The molecular weight excluding hydrogens is 294 g/mol. The molecule has 0 aliphatic carbocycles. The van der Waals surface area contributed by atoms with Crippen molar-refractivity contribution in [3.8, 4) is 17.2 Å². The van der Waals surface area contributed by atoms with Gasteiger partial charge >= 0.3 is 0 Å². The highest BCUT2D eigenvalue weighted by molar-refractivity contribution is 5.92. The summed E-state index contributed by atoms with van der Waals surface area (Å²) in [7, 11) is 0. The minimum absolute atomic E-state index is 0.0458. The molecule has 6 heteroatoms. The third-order valence-electron chi connectivity index (χ3n) is 3.89. The van der Waals surface area contributed by atoms with Crippen molar-refractivity contribution in [2.75, 3.05) is 25.1 Å². The van der Waals surface area contributed by atoms with Gasteiger partial charge in [-0.05, 0) is 19.1 Å². The van der Waals surface area contributed by atoms with Gasteiger partial charge in [0, 0.05) is 18.5 Å². The number of hydrogen-bond acceptors (Lipinski definition) is 6. The van der Waals surface area contributed by atoms with Crippen LogP contribution in [0.2, 0.25) is 0 Å². The fraction of sp³-hybridized carbons (Fsp3) is 0.294. The number of aliphatic hydroxyl groups excluding tert-OH is 1. The van der Waals surface area contributed by atoms with Gasteiger partial charge in [0.2, 0.25) is 0 Å². The van der Waals surface area contributed by atoms with Crippen LogP contribution in [0.1, 0.15) is 11.4 Å². The Morgan fingerprint density at radius 2 is 2.13 bits per heavy atom. The van der Waals surface area contributed by atoms with E-state index in [2.05, 4.69) is 15.3 Å². The average molecular weight is 311 g/mol. The van der Waals surface area contributed by atoms with Crippen molar-refractivity contribution in [2.24, 2.45) is 0 Å². The summed E-state index contributed by atoms with van der Waals surface area (Å²) in [6.07, 6.45) is 0.682. The summed E-state index contributed by atoms with van der Waals surface area (Å²) in [5, 5.41) is 13.2. The van der Waals surface area contributed by atoms with E-state index in [1.807, 2.05) is 31.2 Å². The number of para-hydroxylation sites is 1. The first-order valence-electron chi connectivity index (χ1n) is 7.65. The van der Waals surface area contributed by atoms with Crippen molar-refractivity contribution in [3.63, 3.8) is 0 Å². The van der Waals surface area contributed by atoms with E-state index in [0.717, 1.165) is 33.8 Å². The maximum Gasteiger partial charge on any atom is 0.196 e. The second kappa shape index (κ2) is 5.55. The Morgan fingerprint density at radius 3 is 3.00 bits per heavy atom. The van der Waals surface area contributed by atoms with E-state index < -0.39 is 0 Å². The van der Waals surface area contributed by atoms with Gasteiger partial charge < -0.3 is 19.6 Å². The molecule has 0 saturated carbocycles. The molecule has 0 radical (unpaired) electrons. The predicted octanol–water partition coefficient (Wildman–Crippen LogP) is 2.54. The van der Waals surface area contributed by atoms with Crippen molar-refractivity contribution in [1.82, 2.24) is 9.97 Å². The highest BCUT2D eigenvalue weighted by Crippen LogP contribution is 2.43. The van der Waals surface area contributed by atoms with Crippen molar-refractivity contribution in [2.45, 2.75) is 13.3 Å². The highest BCUT2D eigenvalue weighted by atomic mass is 16.5. The number of benzene rings is 1. The standard InChI is InChI=1S/C17H17N3O3/c1-10-19-14-12(17(20-10)18-7-8-21)6-9-22-15-11-4-2-3-5-13(11)23-16(14)15/h2-5,21H,6-9H2,1H3,(H,18,19,20). The molecule has 0 atom stereocenters. The number of nitrogens with one attached hydrogen (secondary N) is 1. The smallest absolute Gasteiger partial charge is 0.196 e. The van der Waals surface area contributed by atoms with E-state index in [1.54, 1.807) is 0 Å². The molecule has 23 heavy (non-hydrogen) atoms. The van der Waals surface area contributed by atoms with Crippen LogP contribution in [0.4, 0.5) is 5.82 Å². The SMILES string of the molecule is Cc1nc(NCCO)c2c(n1)-c1oc3ccccc3c1OCC2. The van der Waals surface area contributed by atoms with Crippen LogP contribution < -0.4 is 10.1 Å². The quantitative estimate of drug-likeness (QED) is 0.774. The molecule has 0 amide bonds. The Kier molecular flexibility index (Phi) is 3.38. The molecule has 1 aromatic carbocycles. The number of hydrogen-bond donors (Lipinski definition) is 2. The number of aliphatic hydroxyl groups is 1. The number of anilines is 1. The van der Waals surface area contributed by atoms with Crippen molar-refractivity contribution < 1.29 is 14.3 Å². The topological polar surface area (TPSA) is 80.4 Å². The lowest BCUT2D eigenvalue weighted by atomic mass is 10.1. The van der Waals surface area contributed by atoms with Crippen molar-refractivity contribution in [1.29, 1.82) is 0 Å². The average Bonchev–Trinajstić information content (AvgIpc) is 2.83. The fourth-order valence-corrected chi connectivity index (χ4v) is 2.92. The van der Waals surface area contributed by atoms with E-state index in [1.165, 1.54) is 0 Å². The van der Waals surface area contributed by atoms with Gasteiger partial charge in [-0.25, -0.2) is 9.97 Å². The summed E-state index contributed by atoms with van der Waals surface area (Å²) in [4.78, 5) is 9.05. The predicted molar refractivity (Wildman–Crippen MR) is 86.8 cm³/mol. The monoisotopic (exact) mass is 311 g/mol. The maximum atomic E-state index is 9.06. The molecule has 0 saturated heterocycles. The Morgan fingerprint density at radius 1 is 1.26 bits per heavy atom. The zero-order valence-corrected chi connectivity index (χ0v) is 12.8. The van der Waals surface area contributed by atoms with Gasteiger partial charge in [0.05, 0.1) is 18.6 Å². The molecule has 4 rings (SSSR count). The number of aryl methyl sites for hydroxylation is 1. The third kappa shape index (κ3) is 2.31. The van der Waals surface area contributed by atoms with E-state index in [4.69, 9.17) is 14.3 Å². The summed E-state index contributed by atoms with van der Waals surface area (Å²) in [5.74, 6) is 2.78. The molecule has 118 valence electrons. The van der Waals surface area contributed by atoms with Gasteiger partial charge in [0.1, 0.15) is 22.9 Å². The first-order chi connectivity index (χ1) is 11.3. The molecule has 1 aliphatic rings. The van der Waals surface area contributed by atoms with Crippen LogP contribution in [-0.4, -0.2) is 34.8 Å². The first kappa shape index (κ1) is 14.0. The molecule has 6 nitrogen and oxygen atoms in total. The van der Waals surface area contributed by atoms with Crippen LogP contribution in [0, 0.1) is 6.92 Å². The summed E-state index contributed by atoms with van der Waals surface area (Å²) in [5.41, 5.74) is 2.51. The fourth-order valence-electron chi connectivity index (χ4n) is 2.92. The Balaban J connectivity index is 1.95. The molecule has 2 aromatic heterocycles. The second-order valence-corrected chi connectivity index (χ2v) is 5.45. The second-order valence-electron chi connectivity index (χ2n) is 5.45. The van der Waals surface area contributed by atoms with Crippen molar-refractivity contribution >= 4 is 16.8 Å². The first-order valence-corrected chi connectivity index (χ1v) is 7.65. The minimum atomic E-state index is 0.0458. The number of ether oxygens (including phenoxy) is 1. The lowest BCUT2D eigenvalue weighted by Crippen LogP contribution is -2.12. The summed E-state index contributed by atoms with van der Waals surface area (Å²) < 4.78 is 12.0. The van der Waals surface area contributed by atoms with Gasteiger partial charge in [-0.3, -0.25) is 0 Å². The van der Waals surface area contributed by atoms with Crippen LogP contribution in [0.5, 0.6) is 5.75 Å². The molecule has 1 aliphatic heterocycles. The number of aromatic nitrogens is 2. The van der Waals surface area contributed by atoms with Crippen LogP contribution >= 0.6 is 0 Å². The lowest BCUT2D eigenvalue weighted by molar-refractivity contribution is 0.310. The summed E-state index contributed by atoms with van der Waals surface area (Å²) >= 11 is 0. The Labute approximate surface area is 133 Å². The number of rotatable bonds is 3. The largest absolute Gasteiger partial charge is 0.488 e. The van der Waals surface area contributed by atoms with Crippen LogP contribution in [0.3, 0.4) is 0 Å². The van der Waals surface area contributed by atoms with Crippen molar-refractivity contribution in [3.05, 3.63) is 35.7 Å². The molecule has 2 N–H and O–H groups in total. The minimum Gasteiger partial charge on any atom is -0.488 e. The van der Waals surface area contributed by atoms with Crippen LogP contribution in [0.25, 0.3) is 22.4 Å². The van der Waals surface area contributed by atoms with Gasteiger partial charge in [-0.2, -0.15) is 0 Å².